The van der Waals surface area contributed by atoms with Gasteiger partial charge in [-0.3, -0.25) is 0 Å². The summed E-state index contributed by atoms with van der Waals surface area (Å²) in [5.74, 6) is -0.164. The van der Waals surface area contributed by atoms with E-state index in [-0.39, 0.29) is 23.1 Å². The first kappa shape index (κ1) is 12.2. The van der Waals surface area contributed by atoms with Crippen molar-refractivity contribution in [2.75, 3.05) is 6.61 Å². The average molecular weight is 237 g/mol. The minimum Gasteiger partial charge on any atom is -0.504 e. The van der Waals surface area contributed by atoms with Gasteiger partial charge in [-0.25, -0.2) is 0 Å². The average Bonchev–Trinajstić information content (AvgIpc) is 2.62. The predicted octanol–water partition coefficient (Wildman–Crippen LogP) is 1.75. The van der Waals surface area contributed by atoms with Gasteiger partial charge in [-0.05, 0) is 38.0 Å². The molecule has 0 bridgehead atoms. The van der Waals surface area contributed by atoms with Crippen molar-refractivity contribution in [3.8, 4) is 11.5 Å². The number of hydrogen-bond donors (Lipinski definition) is 3. The van der Waals surface area contributed by atoms with Gasteiger partial charge in [0.15, 0.2) is 11.5 Å². The van der Waals surface area contributed by atoms with Crippen molar-refractivity contribution < 1.29 is 14.9 Å². The molecule has 3 N–H and O–H groups in total. The van der Waals surface area contributed by atoms with Crippen molar-refractivity contribution in [2.45, 2.75) is 38.5 Å². The zero-order chi connectivity index (χ0) is 12.5. The molecule has 1 aromatic rings. The van der Waals surface area contributed by atoms with E-state index in [0.717, 1.165) is 18.6 Å². The zero-order valence-corrected chi connectivity index (χ0v) is 10.2. The van der Waals surface area contributed by atoms with Crippen molar-refractivity contribution in [3.63, 3.8) is 0 Å². The van der Waals surface area contributed by atoms with E-state index < -0.39 is 0 Å². The SMILES string of the molecule is CC1OCCC1(C)NCc1ccc(O)c(O)c1. The summed E-state index contributed by atoms with van der Waals surface area (Å²) in [5, 5.41) is 22.1. The molecular formula is C13H19NO3. The monoisotopic (exact) mass is 237 g/mol. The van der Waals surface area contributed by atoms with Crippen molar-refractivity contribution in [1.29, 1.82) is 0 Å². The largest absolute Gasteiger partial charge is 0.504 e. The first-order valence-electron chi connectivity index (χ1n) is 5.89. The molecule has 0 saturated carbocycles. The number of benzene rings is 1. The molecule has 0 spiro atoms. The fraction of sp³-hybridized carbons (Fsp3) is 0.538. The molecule has 1 aliphatic rings. The number of phenols is 2. The Balaban J connectivity index is 2.00. The van der Waals surface area contributed by atoms with Gasteiger partial charge in [0.05, 0.1) is 6.10 Å². The van der Waals surface area contributed by atoms with E-state index in [1.165, 1.54) is 6.07 Å². The van der Waals surface area contributed by atoms with E-state index in [1.54, 1.807) is 12.1 Å². The van der Waals surface area contributed by atoms with Crippen LogP contribution >= 0.6 is 0 Å². The maximum absolute atomic E-state index is 9.41. The van der Waals surface area contributed by atoms with Gasteiger partial charge < -0.3 is 20.3 Å². The summed E-state index contributed by atoms with van der Waals surface area (Å²) in [6.45, 7) is 5.64. The minimum atomic E-state index is -0.0856. The molecule has 1 fully saturated rings. The molecule has 1 saturated heterocycles. The van der Waals surface area contributed by atoms with Crippen LogP contribution in [-0.4, -0.2) is 28.5 Å². The standard InChI is InChI=1S/C13H19NO3/c1-9-13(2,5-6-17-9)14-8-10-3-4-11(15)12(16)7-10/h3-4,7,9,14-16H,5-6,8H2,1-2H3. The van der Waals surface area contributed by atoms with Crippen LogP contribution in [0.4, 0.5) is 0 Å². The molecule has 2 atom stereocenters. The number of rotatable bonds is 3. The van der Waals surface area contributed by atoms with Crippen molar-refractivity contribution in [2.24, 2.45) is 0 Å². The maximum Gasteiger partial charge on any atom is 0.157 e. The lowest BCUT2D eigenvalue weighted by Crippen LogP contribution is -2.47. The summed E-state index contributed by atoms with van der Waals surface area (Å²) in [7, 11) is 0. The van der Waals surface area contributed by atoms with Gasteiger partial charge >= 0.3 is 0 Å². The maximum atomic E-state index is 9.41. The van der Waals surface area contributed by atoms with E-state index >= 15 is 0 Å². The molecule has 0 aliphatic carbocycles. The second kappa shape index (κ2) is 4.55. The predicted molar refractivity (Wildman–Crippen MR) is 65.0 cm³/mol. The normalized spacial score (nSPS) is 28.5. The van der Waals surface area contributed by atoms with Crippen LogP contribution in [-0.2, 0) is 11.3 Å². The van der Waals surface area contributed by atoms with Crippen LogP contribution in [0, 0.1) is 0 Å². The lowest BCUT2D eigenvalue weighted by Gasteiger charge is -2.29. The lowest BCUT2D eigenvalue weighted by atomic mass is 9.94. The summed E-state index contributed by atoms with van der Waals surface area (Å²) >= 11 is 0. The van der Waals surface area contributed by atoms with E-state index in [4.69, 9.17) is 4.74 Å². The summed E-state index contributed by atoms with van der Waals surface area (Å²) in [6, 6.07) is 4.88. The molecule has 2 rings (SSSR count). The Labute approximate surface area is 101 Å². The summed E-state index contributed by atoms with van der Waals surface area (Å²) in [6.07, 6.45) is 1.17. The molecule has 1 aromatic carbocycles. The van der Waals surface area contributed by atoms with Gasteiger partial charge in [0.2, 0.25) is 0 Å². The Morgan fingerprint density at radius 2 is 2.18 bits per heavy atom. The molecule has 17 heavy (non-hydrogen) atoms. The van der Waals surface area contributed by atoms with Gasteiger partial charge in [-0.1, -0.05) is 6.07 Å². The zero-order valence-electron chi connectivity index (χ0n) is 10.2. The van der Waals surface area contributed by atoms with E-state index in [0.29, 0.717) is 6.54 Å². The minimum absolute atomic E-state index is 0.0203. The Kier molecular flexibility index (Phi) is 3.26. The third kappa shape index (κ3) is 2.53. The Bertz CT molecular complexity index is 408. The highest BCUT2D eigenvalue weighted by Crippen LogP contribution is 2.27. The molecular weight excluding hydrogens is 218 g/mol. The van der Waals surface area contributed by atoms with E-state index in [1.807, 2.05) is 0 Å². The van der Waals surface area contributed by atoms with Crippen LogP contribution in [0.1, 0.15) is 25.8 Å². The first-order valence-corrected chi connectivity index (χ1v) is 5.89. The highest BCUT2D eigenvalue weighted by molar-refractivity contribution is 5.40. The lowest BCUT2D eigenvalue weighted by molar-refractivity contribution is 0.0881. The molecule has 0 amide bonds. The second-order valence-corrected chi connectivity index (χ2v) is 4.86. The Morgan fingerprint density at radius 3 is 2.76 bits per heavy atom. The number of hydrogen-bond acceptors (Lipinski definition) is 4. The summed E-state index contributed by atoms with van der Waals surface area (Å²) in [4.78, 5) is 0. The fourth-order valence-corrected chi connectivity index (χ4v) is 2.05. The Hall–Kier alpha value is -1.26. The molecule has 94 valence electrons. The quantitative estimate of drug-likeness (QED) is 0.701. The third-order valence-corrected chi connectivity index (χ3v) is 3.62. The van der Waals surface area contributed by atoms with Gasteiger partial charge in [-0.2, -0.15) is 0 Å². The molecule has 0 aromatic heterocycles. The van der Waals surface area contributed by atoms with E-state index in [9.17, 15) is 10.2 Å². The van der Waals surface area contributed by atoms with Gasteiger partial charge in [0.25, 0.3) is 0 Å². The van der Waals surface area contributed by atoms with Crippen molar-refractivity contribution in [1.82, 2.24) is 5.32 Å². The van der Waals surface area contributed by atoms with Gasteiger partial charge in [-0.15, -0.1) is 0 Å². The third-order valence-electron chi connectivity index (χ3n) is 3.62. The van der Waals surface area contributed by atoms with Crippen LogP contribution in [0.2, 0.25) is 0 Å². The highest BCUT2D eigenvalue weighted by atomic mass is 16.5. The molecule has 1 heterocycles. The van der Waals surface area contributed by atoms with E-state index in [2.05, 4.69) is 19.2 Å². The van der Waals surface area contributed by atoms with Crippen LogP contribution in [0.25, 0.3) is 0 Å². The summed E-state index contributed by atoms with van der Waals surface area (Å²) in [5.41, 5.74) is 0.925. The first-order chi connectivity index (χ1) is 8.01. The molecule has 2 unspecified atom stereocenters. The second-order valence-electron chi connectivity index (χ2n) is 4.86. The molecule has 1 aliphatic heterocycles. The Morgan fingerprint density at radius 1 is 1.41 bits per heavy atom. The number of nitrogens with one attached hydrogen (secondary N) is 1. The topological polar surface area (TPSA) is 61.7 Å². The van der Waals surface area contributed by atoms with Crippen molar-refractivity contribution in [3.05, 3.63) is 23.8 Å². The van der Waals surface area contributed by atoms with Gasteiger partial charge in [0, 0.05) is 18.7 Å². The van der Waals surface area contributed by atoms with Crippen LogP contribution < -0.4 is 5.32 Å². The number of aromatic hydroxyl groups is 2. The van der Waals surface area contributed by atoms with Crippen molar-refractivity contribution >= 4 is 0 Å². The number of ether oxygens (including phenoxy) is 1. The summed E-state index contributed by atoms with van der Waals surface area (Å²) < 4.78 is 5.55. The number of phenolic OH excluding ortho intramolecular Hbond substituents is 2. The molecule has 4 nitrogen and oxygen atoms in total. The molecule has 0 radical (unpaired) electrons. The highest BCUT2D eigenvalue weighted by Gasteiger charge is 2.36. The van der Waals surface area contributed by atoms with Crippen LogP contribution in [0.3, 0.4) is 0 Å². The van der Waals surface area contributed by atoms with Crippen LogP contribution in [0.5, 0.6) is 11.5 Å². The fourth-order valence-electron chi connectivity index (χ4n) is 2.05. The van der Waals surface area contributed by atoms with Crippen LogP contribution in [0.15, 0.2) is 18.2 Å². The smallest absolute Gasteiger partial charge is 0.157 e. The van der Waals surface area contributed by atoms with Gasteiger partial charge in [0.1, 0.15) is 0 Å². The molecule has 4 heteroatoms.